The molecule has 0 aliphatic carbocycles. The van der Waals surface area contributed by atoms with Gasteiger partial charge in [0.15, 0.2) is 8.32 Å². The number of hydrogen-bond donors (Lipinski definition) is 3. The Morgan fingerprint density at radius 3 is 1.78 bits per heavy atom. The van der Waals surface area contributed by atoms with Gasteiger partial charge in [-0.1, -0.05) is 88.2 Å². The van der Waals surface area contributed by atoms with Gasteiger partial charge in [0.2, 0.25) is 0 Å². The number of rotatable bonds is 18. The quantitative estimate of drug-likeness (QED) is 0.0762. The van der Waals surface area contributed by atoms with E-state index >= 15 is 0 Å². The summed E-state index contributed by atoms with van der Waals surface area (Å²) in [5.74, 6) is 1.51. The molecule has 3 rings (SSSR count). The summed E-state index contributed by atoms with van der Waals surface area (Å²) in [6, 6.07) is 25.8. The zero-order chi connectivity index (χ0) is 33.6. The molecule has 46 heavy (non-hydrogen) atoms. The second-order valence-corrected chi connectivity index (χ2v) is 17.8. The van der Waals surface area contributed by atoms with Crippen LogP contribution in [0, 0.1) is 0 Å². The minimum atomic E-state index is -2.25. The first-order valence-electron chi connectivity index (χ1n) is 16.3. The highest BCUT2D eigenvalue weighted by Gasteiger charge is 2.42. The van der Waals surface area contributed by atoms with Gasteiger partial charge in [0.05, 0.1) is 26.9 Å². The number of benzene rings is 3. The van der Waals surface area contributed by atoms with E-state index < -0.39 is 20.0 Å². The smallest absolute Gasteiger partial charge is 0.314 e. The van der Waals surface area contributed by atoms with Crippen LogP contribution in [-0.4, -0.2) is 66.1 Å². The Bertz CT molecular complexity index is 1260. The van der Waals surface area contributed by atoms with Crippen LogP contribution in [0.3, 0.4) is 0 Å². The highest BCUT2D eigenvalue weighted by Crippen LogP contribution is 2.42. The van der Waals surface area contributed by atoms with Gasteiger partial charge in [-0.15, -0.1) is 0 Å². The summed E-state index contributed by atoms with van der Waals surface area (Å²) in [4.78, 5) is 12.8. The van der Waals surface area contributed by atoms with Gasteiger partial charge in [0.1, 0.15) is 17.1 Å². The Labute approximate surface area is 276 Å². The number of hydrogen-bond acceptors (Lipinski definition) is 6. The van der Waals surface area contributed by atoms with Crippen LogP contribution in [0.25, 0.3) is 0 Å². The van der Waals surface area contributed by atoms with E-state index in [1.165, 1.54) is 0 Å². The molecule has 3 aromatic carbocycles. The van der Waals surface area contributed by atoms with Crippen LogP contribution in [0.1, 0.15) is 63.1 Å². The topological polar surface area (TPSA) is 98.3 Å². The van der Waals surface area contributed by atoms with Crippen molar-refractivity contribution in [2.24, 2.45) is 0 Å². The summed E-state index contributed by atoms with van der Waals surface area (Å²) < 4.78 is 25.0. The van der Waals surface area contributed by atoms with Crippen molar-refractivity contribution in [2.45, 2.75) is 76.3 Å². The number of amides is 2. The fourth-order valence-electron chi connectivity index (χ4n) is 5.08. The van der Waals surface area contributed by atoms with Crippen molar-refractivity contribution in [3.63, 3.8) is 0 Å². The molecule has 0 saturated heterocycles. The van der Waals surface area contributed by atoms with Crippen molar-refractivity contribution in [3.05, 3.63) is 95.6 Å². The number of aliphatic hydroxyl groups is 1. The van der Waals surface area contributed by atoms with Crippen LogP contribution >= 0.6 is 0 Å². The van der Waals surface area contributed by atoms with Gasteiger partial charge in [0.25, 0.3) is 0 Å². The number of methoxy groups -OCH3 is 2. The third kappa shape index (κ3) is 10.1. The van der Waals surface area contributed by atoms with Crippen molar-refractivity contribution < 1.29 is 28.5 Å². The van der Waals surface area contributed by atoms with Crippen LogP contribution in [0.15, 0.2) is 78.9 Å². The van der Waals surface area contributed by atoms with Crippen LogP contribution in [0.2, 0.25) is 18.1 Å². The molecule has 0 aromatic heterocycles. The van der Waals surface area contributed by atoms with Crippen molar-refractivity contribution in [3.8, 4) is 11.5 Å². The Morgan fingerprint density at radius 2 is 1.28 bits per heavy atom. The normalized spacial score (nSPS) is 12.8. The average Bonchev–Trinajstić information content (AvgIpc) is 3.05. The number of ether oxygens (including phenoxy) is 3. The predicted molar refractivity (Wildman–Crippen MR) is 187 cm³/mol. The fourth-order valence-corrected chi connectivity index (χ4v) is 6.42. The molecule has 0 heterocycles. The largest absolute Gasteiger partial charge is 0.497 e. The predicted octanol–water partition coefficient (Wildman–Crippen LogP) is 7.25. The average molecular weight is 651 g/mol. The second kappa shape index (κ2) is 17.5. The van der Waals surface area contributed by atoms with Gasteiger partial charge < -0.3 is 34.4 Å². The lowest BCUT2D eigenvalue weighted by Gasteiger charge is -2.41. The van der Waals surface area contributed by atoms with Crippen molar-refractivity contribution in [1.82, 2.24) is 10.6 Å². The van der Waals surface area contributed by atoms with Crippen LogP contribution in [-0.2, 0) is 14.8 Å². The molecule has 0 bridgehead atoms. The Morgan fingerprint density at radius 1 is 0.761 bits per heavy atom. The SMILES string of the molecule is COc1ccc(C(OCC(CNC(=O)NCCCCCCO)O[Si](C)(C)C(C)(C)C)(c2ccccc2)c2ccc(OC)cc2)cc1. The summed E-state index contributed by atoms with van der Waals surface area (Å²) in [5.41, 5.74) is 1.83. The molecule has 0 spiro atoms. The molecule has 3 N–H and O–H groups in total. The van der Waals surface area contributed by atoms with E-state index in [9.17, 15) is 4.79 Å². The standard InChI is InChI=1S/C37H54N2O6Si/c1-36(2,3)46(6,7)45-34(27-39-35(41)38-25-13-8-9-14-26-40)28-44-37(29-15-11-10-12-16-29,30-17-21-32(42-4)22-18-30)31-19-23-33(43-5)24-20-31/h10-12,15-24,34,40H,8-9,13-14,25-28H2,1-7H3,(H2,38,39,41). The third-order valence-corrected chi connectivity index (χ3v) is 13.3. The van der Waals surface area contributed by atoms with E-state index in [1.54, 1.807) is 14.2 Å². The fraction of sp³-hybridized carbons (Fsp3) is 0.486. The summed E-state index contributed by atoms with van der Waals surface area (Å²) in [5, 5.41) is 14.9. The first-order chi connectivity index (χ1) is 22.0. The van der Waals surface area contributed by atoms with Crippen LogP contribution in [0.5, 0.6) is 11.5 Å². The monoisotopic (exact) mass is 650 g/mol. The summed E-state index contributed by atoms with van der Waals surface area (Å²) >= 11 is 0. The molecule has 0 fully saturated rings. The molecule has 0 saturated carbocycles. The number of aliphatic hydroxyl groups excluding tert-OH is 1. The molecular formula is C37H54N2O6Si. The van der Waals surface area contributed by atoms with Crippen molar-refractivity contribution >= 4 is 14.3 Å². The zero-order valence-corrected chi connectivity index (χ0v) is 29.7. The lowest BCUT2D eigenvalue weighted by molar-refractivity contribution is -0.0327. The van der Waals surface area contributed by atoms with E-state index in [2.05, 4.69) is 56.6 Å². The van der Waals surface area contributed by atoms with Crippen molar-refractivity contribution in [2.75, 3.05) is 40.5 Å². The lowest BCUT2D eigenvalue weighted by Crippen LogP contribution is -2.50. The Kier molecular flexibility index (Phi) is 14.1. The molecule has 9 heteroatoms. The van der Waals surface area contributed by atoms with Gasteiger partial charge in [-0.25, -0.2) is 4.79 Å². The number of unbranched alkanes of at least 4 members (excludes halogenated alkanes) is 3. The van der Waals surface area contributed by atoms with E-state index in [1.807, 2.05) is 66.7 Å². The minimum Gasteiger partial charge on any atom is -0.497 e. The number of carbonyl (C=O) groups excluding carboxylic acids is 1. The number of carbonyl (C=O) groups is 1. The maximum Gasteiger partial charge on any atom is 0.314 e. The van der Waals surface area contributed by atoms with Crippen LogP contribution in [0.4, 0.5) is 4.79 Å². The first kappa shape index (κ1) is 37.1. The molecule has 0 radical (unpaired) electrons. The van der Waals surface area contributed by atoms with Gasteiger partial charge in [-0.2, -0.15) is 0 Å². The van der Waals surface area contributed by atoms with Gasteiger partial charge in [0, 0.05) is 19.7 Å². The molecular weight excluding hydrogens is 597 g/mol. The molecule has 0 aliphatic heterocycles. The van der Waals surface area contributed by atoms with E-state index in [-0.39, 0.29) is 24.3 Å². The van der Waals surface area contributed by atoms with Crippen LogP contribution < -0.4 is 20.1 Å². The summed E-state index contributed by atoms with van der Waals surface area (Å²) in [6.45, 7) is 12.3. The molecule has 3 aromatic rings. The highest BCUT2D eigenvalue weighted by atomic mass is 28.4. The Hall–Kier alpha value is -3.37. The van der Waals surface area contributed by atoms with Gasteiger partial charge >= 0.3 is 6.03 Å². The number of urea groups is 1. The molecule has 2 amide bonds. The number of nitrogens with one attached hydrogen (secondary N) is 2. The van der Waals surface area contributed by atoms with Gasteiger partial charge in [-0.3, -0.25) is 0 Å². The zero-order valence-electron chi connectivity index (χ0n) is 28.7. The molecule has 8 nitrogen and oxygen atoms in total. The maximum absolute atomic E-state index is 12.8. The summed E-state index contributed by atoms with van der Waals surface area (Å²) in [6.07, 6.45) is 3.16. The Balaban J connectivity index is 1.97. The first-order valence-corrected chi connectivity index (χ1v) is 19.2. The molecule has 1 atom stereocenters. The molecule has 252 valence electrons. The highest BCUT2D eigenvalue weighted by molar-refractivity contribution is 6.74. The lowest BCUT2D eigenvalue weighted by atomic mass is 9.80. The van der Waals surface area contributed by atoms with Crippen molar-refractivity contribution in [1.29, 1.82) is 0 Å². The van der Waals surface area contributed by atoms with E-state index in [0.717, 1.165) is 53.9 Å². The summed E-state index contributed by atoms with van der Waals surface area (Å²) in [7, 11) is 1.06. The van der Waals surface area contributed by atoms with Gasteiger partial charge in [-0.05, 0) is 71.9 Å². The minimum absolute atomic E-state index is 0.0371. The molecule has 0 aliphatic rings. The second-order valence-electron chi connectivity index (χ2n) is 13.1. The third-order valence-electron chi connectivity index (χ3n) is 8.79. The maximum atomic E-state index is 12.8. The molecule has 1 unspecified atom stereocenters. The van der Waals surface area contributed by atoms with E-state index in [0.29, 0.717) is 13.1 Å². The van der Waals surface area contributed by atoms with E-state index in [4.69, 9.17) is 23.7 Å².